The number of piperidine rings is 1. The van der Waals surface area contributed by atoms with Gasteiger partial charge in [0.15, 0.2) is 5.78 Å². The molecule has 1 amide bonds. The van der Waals surface area contributed by atoms with Gasteiger partial charge in [0.2, 0.25) is 5.91 Å². The lowest BCUT2D eigenvalue weighted by atomic mass is 9.93. The van der Waals surface area contributed by atoms with Crippen LogP contribution >= 0.6 is 0 Å². The lowest BCUT2D eigenvalue weighted by Gasteiger charge is -2.35. The normalized spacial score (nSPS) is 17.4. The summed E-state index contributed by atoms with van der Waals surface area (Å²) < 4.78 is 0. The first-order valence-corrected chi connectivity index (χ1v) is 12.6. The number of carboxylic acid groups (broad SMARTS) is 1. The number of aryl methyl sites for hydroxylation is 3. The predicted octanol–water partition coefficient (Wildman–Crippen LogP) is 3.14. The van der Waals surface area contributed by atoms with Gasteiger partial charge in [-0.1, -0.05) is 12.1 Å². The molecule has 4 rings (SSSR count). The van der Waals surface area contributed by atoms with E-state index in [9.17, 15) is 19.5 Å². The molecule has 1 aliphatic carbocycles. The molecule has 2 N–H and O–H groups in total. The van der Waals surface area contributed by atoms with Crippen molar-refractivity contribution in [1.29, 1.82) is 0 Å². The van der Waals surface area contributed by atoms with E-state index in [1.165, 1.54) is 37.2 Å². The number of pyridine rings is 2. The third kappa shape index (κ3) is 6.31. The van der Waals surface area contributed by atoms with Crippen LogP contribution in [0.2, 0.25) is 0 Å². The number of aromatic nitrogens is 2. The Hall–Kier alpha value is -3.13. The second kappa shape index (κ2) is 11.5. The highest BCUT2D eigenvalue weighted by Gasteiger charge is 2.33. The number of ketones is 1. The molecule has 35 heavy (non-hydrogen) atoms. The van der Waals surface area contributed by atoms with Crippen molar-refractivity contribution in [2.75, 3.05) is 19.6 Å². The molecule has 1 aliphatic heterocycles. The highest BCUT2D eigenvalue weighted by Crippen LogP contribution is 2.27. The lowest BCUT2D eigenvalue weighted by Crippen LogP contribution is -2.44. The molecule has 1 saturated heterocycles. The standard InChI is InChI=1S/C27H34N4O4/c1-18(32)23-11-9-21(17-29-23)25(27(34)35)31-15-12-20(13-16-31)26(33)28-14-4-6-22-10-8-19-5-2-3-7-24(19)30-22/h8-11,17,20,25H,2-7,12-16H2,1H3,(H,28,33)(H,34,35). The summed E-state index contributed by atoms with van der Waals surface area (Å²) in [6, 6.07) is 6.70. The number of hydrogen-bond acceptors (Lipinski definition) is 6. The summed E-state index contributed by atoms with van der Waals surface area (Å²) in [6.45, 7) is 3.08. The van der Waals surface area contributed by atoms with Gasteiger partial charge in [0, 0.05) is 50.1 Å². The van der Waals surface area contributed by atoms with Crippen molar-refractivity contribution in [2.24, 2.45) is 5.92 Å². The number of Topliss-reactive ketones (excluding diaryl/α,β-unsaturated/α-hetero) is 1. The number of hydrogen-bond donors (Lipinski definition) is 2. The number of likely N-dealkylation sites (tertiary alicyclic amines) is 1. The Morgan fingerprint density at radius 1 is 1.11 bits per heavy atom. The second-order valence-electron chi connectivity index (χ2n) is 9.59. The molecule has 0 saturated carbocycles. The molecule has 8 nitrogen and oxygen atoms in total. The average molecular weight is 479 g/mol. The minimum absolute atomic E-state index is 0.0439. The lowest BCUT2D eigenvalue weighted by molar-refractivity contribution is -0.144. The molecule has 2 aromatic rings. The fourth-order valence-corrected chi connectivity index (χ4v) is 5.10. The Morgan fingerprint density at radius 2 is 1.89 bits per heavy atom. The fraction of sp³-hybridized carbons (Fsp3) is 0.519. The molecule has 1 fully saturated rings. The molecule has 0 spiro atoms. The fourth-order valence-electron chi connectivity index (χ4n) is 5.10. The van der Waals surface area contributed by atoms with E-state index < -0.39 is 12.0 Å². The van der Waals surface area contributed by atoms with Crippen LogP contribution in [-0.2, 0) is 28.9 Å². The average Bonchev–Trinajstić information content (AvgIpc) is 2.87. The van der Waals surface area contributed by atoms with Crippen LogP contribution in [0.25, 0.3) is 0 Å². The molecular weight excluding hydrogens is 444 g/mol. The topological polar surface area (TPSA) is 112 Å². The van der Waals surface area contributed by atoms with Crippen molar-refractivity contribution in [2.45, 2.75) is 64.3 Å². The molecule has 2 aliphatic rings. The van der Waals surface area contributed by atoms with Crippen molar-refractivity contribution < 1.29 is 19.5 Å². The first-order valence-electron chi connectivity index (χ1n) is 12.6. The Bertz CT molecular complexity index is 1060. The van der Waals surface area contributed by atoms with Crippen molar-refractivity contribution >= 4 is 17.7 Å². The van der Waals surface area contributed by atoms with Gasteiger partial charge in [-0.3, -0.25) is 29.3 Å². The summed E-state index contributed by atoms with van der Waals surface area (Å²) in [6.07, 6.45) is 9.06. The van der Waals surface area contributed by atoms with Gasteiger partial charge < -0.3 is 10.4 Å². The predicted molar refractivity (Wildman–Crippen MR) is 131 cm³/mol. The van der Waals surface area contributed by atoms with E-state index in [4.69, 9.17) is 4.98 Å². The van der Waals surface area contributed by atoms with Crippen LogP contribution in [0.1, 0.15) is 78.1 Å². The summed E-state index contributed by atoms with van der Waals surface area (Å²) >= 11 is 0. The zero-order chi connectivity index (χ0) is 24.8. The molecule has 186 valence electrons. The van der Waals surface area contributed by atoms with Crippen LogP contribution in [0.3, 0.4) is 0 Å². The number of nitrogens with one attached hydrogen (secondary N) is 1. The summed E-state index contributed by atoms with van der Waals surface area (Å²) in [4.78, 5) is 46.9. The summed E-state index contributed by atoms with van der Waals surface area (Å²) in [5.41, 5.74) is 4.58. The number of carbonyl (C=O) groups excluding carboxylic acids is 2. The molecule has 1 atom stereocenters. The van der Waals surface area contributed by atoms with E-state index in [2.05, 4.69) is 22.4 Å². The van der Waals surface area contributed by atoms with Crippen LogP contribution in [0.4, 0.5) is 0 Å². The highest BCUT2D eigenvalue weighted by molar-refractivity contribution is 5.92. The minimum atomic E-state index is -0.957. The molecule has 3 heterocycles. The first-order chi connectivity index (χ1) is 16.9. The maximum absolute atomic E-state index is 12.7. The largest absolute Gasteiger partial charge is 0.480 e. The third-order valence-electron chi connectivity index (χ3n) is 7.11. The van der Waals surface area contributed by atoms with Gasteiger partial charge >= 0.3 is 5.97 Å². The molecule has 0 aromatic carbocycles. The van der Waals surface area contributed by atoms with Crippen LogP contribution in [0.5, 0.6) is 0 Å². The summed E-state index contributed by atoms with van der Waals surface area (Å²) in [5, 5.41) is 12.9. The Labute approximate surface area is 206 Å². The zero-order valence-electron chi connectivity index (χ0n) is 20.3. The van der Waals surface area contributed by atoms with Gasteiger partial charge in [-0.15, -0.1) is 0 Å². The van der Waals surface area contributed by atoms with Gasteiger partial charge in [0.1, 0.15) is 11.7 Å². The monoisotopic (exact) mass is 478 g/mol. The molecular formula is C27H34N4O4. The first kappa shape index (κ1) is 25.0. The Kier molecular flexibility index (Phi) is 8.23. The van der Waals surface area contributed by atoms with Crippen LogP contribution < -0.4 is 5.32 Å². The van der Waals surface area contributed by atoms with Gasteiger partial charge in [-0.25, -0.2) is 0 Å². The van der Waals surface area contributed by atoms with Gasteiger partial charge in [0.05, 0.1) is 0 Å². The Balaban J connectivity index is 1.22. The zero-order valence-corrected chi connectivity index (χ0v) is 20.3. The number of rotatable bonds is 9. The van der Waals surface area contributed by atoms with E-state index >= 15 is 0 Å². The molecule has 0 bridgehead atoms. The smallest absolute Gasteiger partial charge is 0.325 e. The molecule has 0 radical (unpaired) electrons. The van der Waals surface area contributed by atoms with E-state index in [0.29, 0.717) is 43.7 Å². The second-order valence-corrected chi connectivity index (χ2v) is 9.59. The van der Waals surface area contributed by atoms with E-state index in [0.717, 1.165) is 31.4 Å². The number of amides is 1. The van der Waals surface area contributed by atoms with Gasteiger partial charge in [-0.05, 0) is 74.6 Å². The minimum Gasteiger partial charge on any atom is -0.480 e. The van der Waals surface area contributed by atoms with Crippen molar-refractivity contribution in [3.63, 3.8) is 0 Å². The number of carbonyl (C=O) groups is 3. The Morgan fingerprint density at radius 3 is 2.57 bits per heavy atom. The number of carboxylic acids is 1. The van der Waals surface area contributed by atoms with E-state index in [1.54, 1.807) is 12.1 Å². The summed E-state index contributed by atoms with van der Waals surface area (Å²) in [7, 11) is 0. The maximum atomic E-state index is 12.7. The highest BCUT2D eigenvalue weighted by atomic mass is 16.4. The summed E-state index contributed by atoms with van der Waals surface area (Å²) in [5.74, 6) is -1.18. The van der Waals surface area contributed by atoms with Crippen LogP contribution in [0.15, 0.2) is 30.5 Å². The van der Waals surface area contributed by atoms with Gasteiger partial charge in [0.25, 0.3) is 0 Å². The van der Waals surface area contributed by atoms with E-state index in [-0.39, 0.29) is 17.6 Å². The van der Waals surface area contributed by atoms with E-state index in [1.807, 2.05) is 4.90 Å². The van der Waals surface area contributed by atoms with Crippen molar-refractivity contribution in [3.05, 3.63) is 58.7 Å². The van der Waals surface area contributed by atoms with Crippen molar-refractivity contribution in [3.8, 4) is 0 Å². The molecule has 8 heteroatoms. The van der Waals surface area contributed by atoms with Crippen molar-refractivity contribution in [1.82, 2.24) is 20.2 Å². The van der Waals surface area contributed by atoms with Crippen LogP contribution in [-0.4, -0.2) is 57.3 Å². The molecule has 2 aromatic heterocycles. The SMILES string of the molecule is CC(=O)c1ccc(C(C(=O)O)N2CCC(C(=O)NCCCc3ccc4c(n3)CCCC4)CC2)cn1. The quantitative estimate of drug-likeness (QED) is 0.421. The number of nitrogens with zero attached hydrogens (tertiary/aromatic N) is 3. The maximum Gasteiger partial charge on any atom is 0.325 e. The van der Waals surface area contributed by atoms with Crippen LogP contribution in [0, 0.1) is 5.92 Å². The molecule has 1 unspecified atom stereocenters. The third-order valence-corrected chi connectivity index (χ3v) is 7.11. The van der Waals surface area contributed by atoms with Gasteiger partial charge in [-0.2, -0.15) is 0 Å². The number of aliphatic carboxylic acids is 1. The number of fused-ring (bicyclic) bond motifs is 1.